The van der Waals surface area contributed by atoms with E-state index in [1.807, 2.05) is 31.2 Å². The molecule has 0 atom stereocenters. The Balaban J connectivity index is 1.21. The third-order valence-corrected chi connectivity index (χ3v) is 9.78. The van der Waals surface area contributed by atoms with E-state index < -0.39 is 10.0 Å². The molecule has 0 spiro atoms. The van der Waals surface area contributed by atoms with Crippen LogP contribution in [0.5, 0.6) is 0 Å². The topological polar surface area (TPSA) is 105 Å². The van der Waals surface area contributed by atoms with E-state index in [4.69, 9.17) is 4.52 Å². The van der Waals surface area contributed by atoms with Crippen LogP contribution in [0.15, 0.2) is 44.4 Å². The number of hydrogen-bond acceptors (Lipinski definition) is 7. The number of rotatable bonds is 6. The van der Waals surface area contributed by atoms with E-state index in [1.54, 1.807) is 11.4 Å². The maximum Gasteiger partial charge on any atom is 0.252 e. The number of aryl methyl sites for hydroxylation is 1. The predicted octanol–water partition coefficient (Wildman–Crippen LogP) is 4.41. The molecule has 174 valence electrons. The van der Waals surface area contributed by atoms with Crippen molar-refractivity contribution in [1.29, 1.82) is 0 Å². The Bertz CT molecular complexity index is 1240. The van der Waals surface area contributed by atoms with Gasteiger partial charge in [-0.1, -0.05) is 29.3 Å². The first-order valence-corrected chi connectivity index (χ1v) is 13.5. The van der Waals surface area contributed by atoms with Crippen molar-refractivity contribution in [3.05, 3.63) is 47.2 Å². The van der Waals surface area contributed by atoms with Gasteiger partial charge in [0.25, 0.3) is 10.0 Å². The van der Waals surface area contributed by atoms with Crippen molar-refractivity contribution < 1.29 is 17.7 Å². The molecule has 1 saturated carbocycles. The Kier molecular flexibility index (Phi) is 6.07. The highest BCUT2D eigenvalue weighted by Gasteiger charge is 2.33. The zero-order valence-corrected chi connectivity index (χ0v) is 20.0. The lowest BCUT2D eigenvalue weighted by Gasteiger charge is -2.30. The summed E-state index contributed by atoms with van der Waals surface area (Å²) in [5.41, 5.74) is 2.54. The van der Waals surface area contributed by atoms with Gasteiger partial charge in [-0.25, -0.2) is 8.42 Å². The minimum atomic E-state index is -3.63. The second-order valence-electron chi connectivity index (χ2n) is 8.77. The van der Waals surface area contributed by atoms with Crippen molar-refractivity contribution in [2.45, 2.75) is 49.2 Å². The monoisotopic (exact) mass is 486 g/mol. The number of carbonyl (C=O) groups is 1. The van der Waals surface area contributed by atoms with Crippen molar-refractivity contribution in [2.75, 3.05) is 18.4 Å². The Hall–Kier alpha value is -2.56. The molecule has 1 aliphatic heterocycles. The quantitative estimate of drug-likeness (QED) is 0.553. The van der Waals surface area contributed by atoms with Gasteiger partial charge in [0.15, 0.2) is 0 Å². The van der Waals surface area contributed by atoms with E-state index in [1.165, 1.54) is 10.7 Å². The van der Waals surface area contributed by atoms with Gasteiger partial charge in [0.05, 0.1) is 0 Å². The number of thiophene rings is 1. The highest BCUT2D eigenvalue weighted by atomic mass is 32.2. The van der Waals surface area contributed by atoms with Gasteiger partial charge in [0, 0.05) is 41.6 Å². The molecule has 2 aliphatic rings. The second-order valence-corrected chi connectivity index (χ2v) is 11.8. The number of sulfonamides is 1. The van der Waals surface area contributed by atoms with Gasteiger partial charge in [0.2, 0.25) is 17.6 Å². The number of nitrogens with zero attached hydrogens (tertiary/aromatic N) is 3. The Morgan fingerprint density at radius 2 is 1.88 bits per heavy atom. The number of piperidine rings is 1. The molecular weight excluding hydrogens is 460 g/mol. The lowest BCUT2D eigenvalue weighted by molar-refractivity contribution is -0.120. The molecule has 3 aromatic rings. The zero-order valence-electron chi connectivity index (χ0n) is 18.4. The van der Waals surface area contributed by atoms with Crippen LogP contribution in [0.2, 0.25) is 0 Å². The maximum absolute atomic E-state index is 13.2. The number of amides is 1. The van der Waals surface area contributed by atoms with Gasteiger partial charge in [0.1, 0.15) is 4.21 Å². The largest absolute Gasteiger partial charge is 0.339 e. The molecule has 5 rings (SSSR count). The maximum atomic E-state index is 13.2. The third-order valence-electron chi connectivity index (χ3n) is 6.47. The summed E-state index contributed by atoms with van der Waals surface area (Å²) in [6.45, 7) is 2.62. The van der Waals surface area contributed by atoms with E-state index >= 15 is 0 Å². The average molecular weight is 487 g/mol. The van der Waals surface area contributed by atoms with E-state index in [0.29, 0.717) is 49.1 Å². The van der Waals surface area contributed by atoms with Gasteiger partial charge in [-0.3, -0.25) is 4.79 Å². The number of aromatic nitrogens is 2. The molecule has 2 fully saturated rings. The van der Waals surface area contributed by atoms with Crippen molar-refractivity contribution in [3.63, 3.8) is 0 Å². The third kappa shape index (κ3) is 4.60. The van der Waals surface area contributed by atoms with Crippen LogP contribution < -0.4 is 5.32 Å². The molecule has 1 saturated heterocycles. The minimum absolute atomic E-state index is 0.0614. The molecule has 10 heteroatoms. The normalized spacial score (nSPS) is 18.2. The smallest absolute Gasteiger partial charge is 0.252 e. The van der Waals surface area contributed by atoms with Crippen LogP contribution in [-0.2, 0) is 14.8 Å². The highest BCUT2D eigenvalue weighted by Crippen LogP contribution is 2.37. The Labute approximate surface area is 197 Å². The van der Waals surface area contributed by atoms with Crippen molar-refractivity contribution in [1.82, 2.24) is 14.4 Å². The molecular formula is C23H26N4O4S2. The average Bonchev–Trinajstić information content (AvgIpc) is 3.44. The van der Waals surface area contributed by atoms with Crippen LogP contribution in [0.1, 0.15) is 49.5 Å². The Morgan fingerprint density at radius 1 is 1.15 bits per heavy atom. The molecule has 0 bridgehead atoms. The number of benzene rings is 1. The van der Waals surface area contributed by atoms with E-state index in [-0.39, 0.29) is 16.0 Å². The standard InChI is InChI=1S/C23H26N4O4S2/c1-15-5-7-19(8-6-15)24-22(28)16-9-11-27(12-10-16)33(29,30)20-13-18(14-32-20)21-25-23(31-26-21)17-3-2-4-17/h5-8,13-14,16-17H,2-4,9-12H2,1H3,(H,24,28). The summed E-state index contributed by atoms with van der Waals surface area (Å²) >= 11 is 1.16. The van der Waals surface area contributed by atoms with Crippen LogP contribution in [0.4, 0.5) is 5.69 Å². The molecule has 0 unspecified atom stereocenters. The molecule has 33 heavy (non-hydrogen) atoms. The van der Waals surface area contributed by atoms with Crippen molar-refractivity contribution in [2.24, 2.45) is 5.92 Å². The number of carbonyl (C=O) groups excluding carboxylic acids is 1. The van der Waals surface area contributed by atoms with Gasteiger partial charge in [-0.15, -0.1) is 11.3 Å². The molecule has 1 N–H and O–H groups in total. The first kappa shape index (κ1) is 22.2. The van der Waals surface area contributed by atoms with Crippen molar-refractivity contribution >= 4 is 33.0 Å². The van der Waals surface area contributed by atoms with Crippen LogP contribution in [0, 0.1) is 12.8 Å². The summed E-state index contributed by atoms with van der Waals surface area (Å²) in [6.07, 6.45) is 4.27. The fourth-order valence-electron chi connectivity index (χ4n) is 4.11. The van der Waals surface area contributed by atoms with Crippen molar-refractivity contribution in [3.8, 4) is 11.4 Å². The first-order valence-electron chi connectivity index (χ1n) is 11.2. The van der Waals surface area contributed by atoms with Crippen LogP contribution in [0.25, 0.3) is 11.4 Å². The van der Waals surface area contributed by atoms with Crippen LogP contribution in [0.3, 0.4) is 0 Å². The molecule has 8 nitrogen and oxygen atoms in total. The number of nitrogens with one attached hydrogen (secondary N) is 1. The first-order chi connectivity index (χ1) is 15.9. The second kappa shape index (κ2) is 9.00. The highest BCUT2D eigenvalue weighted by molar-refractivity contribution is 7.91. The molecule has 1 aromatic carbocycles. The van der Waals surface area contributed by atoms with Gasteiger partial charge < -0.3 is 9.84 Å². The number of hydrogen-bond donors (Lipinski definition) is 1. The molecule has 1 aliphatic carbocycles. The van der Waals surface area contributed by atoms with E-state index in [0.717, 1.165) is 35.4 Å². The summed E-state index contributed by atoms with van der Waals surface area (Å²) in [6, 6.07) is 9.26. The van der Waals surface area contributed by atoms with E-state index in [9.17, 15) is 13.2 Å². The SMILES string of the molecule is Cc1ccc(NC(=O)C2CCN(S(=O)(=O)c3cc(-c4noc(C5CCC5)n4)cs3)CC2)cc1. The van der Waals surface area contributed by atoms with Gasteiger partial charge in [-0.05, 0) is 50.8 Å². The summed E-state index contributed by atoms with van der Waals surface area (Å²) < 4.78 is 33.4. The summed E-state index contributed by atoms with van der Waals surface area (Å²) in [5.74, 6) is 1.13. The lowest BCUT2D eigenvalue weighted by Crippen LogP contribution is -2.41. The summed E-state index contributed by atoms with van der Waals surface area (Å²) in [5, 5.41) is 8.72. The number of anilines is 1. The Morgan fingerprint density at radius 3 is 2.55 bits per heavy atom. The molecule has 2 aromatic heterocycles. The summed E-state index contributed by atoms with van der Waals surface area (Å²) in [7, 11) is -3.63. The summed E-state index contributed by atoms with van der Waals surface area (Å²) in [4.78, 5) is 17.1. The lowest BCUT2D eigenvalue weighted by atomic mass is 9.85. The molecule has 1 amide bonds. The fraction of sp³-hybridized carbons (Fsp3) is 0.435. The van der Waals surface area contributed by atoms with Crippen LogP contribution in [-0.4, -0.2) is 41.9 Å². The molecule has 0 radical (unpaired) electrons. The predicted molar refractivity (Wildman–Crippen MR) is 125 cm³/mol. The minimum Gasteiger partial charge on any atom is -0.339 e. The van der Waals surface area contributed by atoms with Gasteiger partial charge in [-0.2, -0.15) is 9.29 Å². The molecule has 3 heterocycles. The van der Waals surface area contributed by atoms with E-state index in [2.05, 4.69) is 15.5 Å². The zero-order chi connectivity index (χ0) is 23.0. The fourth-order valence-corrected chi connectivity index (χ4v) is 6.89. The van der Waals surface area contributed by atoms with Gasteiger partial charge >= 0.3 is 0 Å². The van der Waals surface area contributed by atoms with Crippen LogP contribution >= 0.6 is 11.3 Å².